The molecule has 0 bridgehead atoms. The van der Waals surface area contributed by atoms with Gasteiger partial charge in [0.25, 0.3) is 0 Å². The van der Waals surface area contributed by atoms with E-state index < -0.39 is 0 Å². The minimum atomic E-state index is 0.253. The van der Waals surface area contributed by atoms with E-state index in [2.05, 4.69) is 27.0 Å². The Balaban J connectivity index is 2.01. The van der Waals surface area contributed by atoms with E-state index in [1.807, 2.05) is 0 Å². The number of aryl methyl sites for hydroxylation is 1. The summed E-state index contributed by atoms with van der Waals surface area (Å²) in [6, 6.07) is 0. The number of rotatable bonds is 2. The van der Waals surface area contributed by atoms with Gasteiger partial charge in [0.15, 0.2) is 0 Å². The third-order valence-electron chi connectivity index (χ3n) is 4.25. The molecule has 2 aliphatic heterocycles. The fourth-order valence-corrected chi connectivity index (χ4v) is 3.10. The normalized spacial score (nSPS) is 29.3. The van der Waals surface area contributed by atoms with Gasteiger partial charge in [-0.05, 0) is 32.2 Å². The second kappa shape index (κ2) is 3.84. The first-order valence-electron chi connectivity index (χ1n) is 6.49. The molecule has 2 aliphatic rings. The topological polar surface area (TPSA) is 42.7 Å². The molecule has 1 aromatic rings. The lowest BCUT2D eigenvalue weighted by Crippen LogP contribution is -2.32. The summed E-state index contributed by atoms with van der Waals surface area (Å²) in [5.41, 5.74) is 0.253. The lowest BCUT2D eigenvalue weighted by Gasteiger charge is -2.27. The van der Waals surface area contributed by atoms with Crippen molar-refractivity contribution in [3.05, 3.63) is 11.6 Å². The molecule has 1 N–H and O–H groups in total. The number of hydrogen-bond acceptors (Lipinski definition) is 3. The monoisotopic (exact) mass is 220 g/mol. The molecule has 0 spiro atoms. The molecular formula is C12H20N4. The minimum Gasteiger partial charge on any atom is -0.316 e. The second-order valence-corrected chi connectivity index (χ2v) is 5.11. The fraction of sp³-hybridized carbons (Fsp3) is 0.833. The standard InChI is InChI=1S/C12H20N4/c1-2-12(6-7-13-9-12)11-15-14-10-5-3-4-8-16(10)11/h13H,2-9H2,1H3. The average molecular weight is 220 g/mol. The fourth-order valence-electron chi connectivity index (χ4n) is 3.10. The molecule has 0 aliphatic carbocycles. The maximum absolute atomic E-state index is 4.50. The van der Waals surface area contributed by atoms with Crippen LogP contribution < -0.4 is 5.32 Å². The number of hydrogen-bond donors (Lipinski definition) is 1. The van der Waals surface area contributed by atoms with Gasteiger partial charge < -0.3 is 9.88 Å². The third-order valence-corrected chi connectivity index (χ3v) is 4.25. The minimum absolute atomic E-state index is 0.253. The summed E-state index contributed by atoms with van der Waals surface area (Å²) >= 11 is 0. The van der Waals surface area contributed by atoms with Crippen LogP contribution in [0.3, 0.4) is 0 Å². The molecule has 0 aromatic carbocycles. The smallest absolute Gasteiger partial charge is 0.140 e. The van der Waals surface area contributed by atoms with Crippen molar-refractivity contribution in [2.45, 2.75) is 51.0 Å². The van der Waals surface area contributed by atoms with Crippen LogP contribution >= 0.6 is 0 Å². The van der Waals surface area contributed by atoms with Gasteiger partial charge in [-0.2, -0.15) is 0 Å². The van der Waals surface area contributed by atoms with Crippen LogP contribution in [0.25, 0.3) is 0 Å². The van der Waals surface area contributed by atoms with Crippen LogP contribution in [0.4, 0.5) is 0 Å². The SMILES string of the molecule is CCC1(c2nnc3n2CCCC3)CCNC1. The zero-order chi connectivity index (χ0) is 11.0. The maximum atomic E-state index is 4.50. The Morgan fingerprint density at radius 1 is 1.38 bits per heavy atom. The van der Waals surface area contributed by atoms with E-state index in [-0.39, 0.29) is 5.41 Å². The first-order chi connectivity index (χ1) is 7.86. The highest BCUT2D eigenvalue weighted by Crippen LogP contribution is 2.34. The second-order valence-electron chi connectivity index (χ2n) is 5.11. The van der Waals surface area contributed by atoms with Crippen LogP contribution in [0, 0.1) is 0 Å². The molecule has 4 heteroatoms. The highest BCUT2D eigenvalue weighted by molar-refractivity contribution is 5.15. The van der Waals surface area contributed by atoms with Crippen molar-refractivity contribution in [3.63, 3.8) is 0 Å². The van der Waals surface area contributed by atoms with E-state index in [1.54, 1.807) is 0 Å². The summed E-state index contributed by atoms with van der Waals surface area (Å²) in [6.45, 7) is 5.59. The Morgan fingerprint density at radius 2 is 2.31 bits per heavy atom. The number of fused-ring (bicyclic) bond motifs is 1. The molecule has 1 unspecified atom stereocenters. The van der Waals surface area contributed by atoms with Crippen molar-refractivity contribution < 1.29 is 0 Å². The van der Waals surface area contributed by atoms with Gasteiger partial charge >= 0.3 is 0 Å². The van der Waals surface area contributed by atoms with Crippen LogP contribution in [0.15, 0.2) is 0 Å². The molecule has 3 rings (SSSR count). The van der Waals surface area contributed by atoms with Gasteiger partial charge in [-0.3, -0.25) is 0 Å². The summed E-state index contributed by atoms with van der Waals surface area (Å²) in [4.78, 5) is 0. The summed E-state index contributed by atoms with van der Waals surface area (Å²) in [7, 11) is 0. The third kappa shape index (κ3) is 1.39. The summed E-state index contributed by atoms with van der Waals surface area (Å²) in [5.74, 6) is 2.45. The molecule has 1 fully saturated rings. The number of nitrogens with one attached hydrogen (secondary N) is 1. The highest BCUT2D eigenvalue weighted by atomic mass is 15.3. The van der Waals surface area contributed by atoms with Gasteiger partial charge in [0, 0.05) is 24.9 Å². The molecule has 16 heavy (non-hydrogen) atoms. The van der Waals surface area contributed by atoms with E-state index in [1.165, 1.54) is 30.9 Å². The Morgan fingerprint density at radius 3 is 3.06 bits per heavy atom. The van der Waals surface area contributed by atoms with Crippen molar-refractivity contribution in [2.24, 2.45) is 0 Å². The van der Waals surface area contributed by atoms with Gasteiger partial charge in [0.2, 0.25) is 0 Å². The average Bonchev–Trinajstić information content (AvgIpc) is 2.96. The van der Waals surface area contributed by atoms with Crippen LogP contribution in [0.5, 0.6) is 0 Å². The molecule has 0 amide bonds. The van der Waals surface area contributed by atoms with E-state index in [0.717, 1.165) is 32.5 Å². The predicted octanol–water partition coefficient (Wildman–Crippen LogP) is 1.26. The van der Waals surface area contributed by atoms with Crippen molar-refractivity contribution in [3.8, 4) is 0 Å². The van der Waals surface area contributed by atoms with Crippen molar-refractivity contribution in [1.29, 1.82) is 0 Å². The first-order valence-corrected chi connectivity index (χ1v) is 6.49. The van der Waals surface area contributed by atoms with Crippen molar-refractivity contribution >= 4 is 0 Å². The molecule has 0 saturated carbocycles. The van der Waals surface area contributed by atoms with Crippen LogP contribution in [-0.2, 0) is 18.4 Å². The van der Waals surface area contributed by atoms with Gasteiger partial charge in [-0.25, -0.2) is 0 Å². The maximum Gasteiger partial charge on any atom is 0.140 e. The van der Waals surface area contributed by atoms with E-state index in [0.29, 0.717) is 0 Å². The van der Waals surface area contributed by atoms with E-state index in [4.69, 9.17) is 0 Å². The van der Waals surface area contributed by atoms with Crippen LogP contribution in [-0.4, -0.2) is 27.9 Å². The van der Waals surface area contributed by atoms with Crippen LogP contribution in [0.2, 0.25) is 0 Å². The quantitative estimate of drug-likeness (QED) is 0.816. The Kier molecular flexibility index (Phi) is 2.46. The van der Waals surface area contributed by atoms with Gasteiger partial charge in [-0.1, -0.05) is 6.92 Å². The number of nitrogens with zero attached hydrogens (tertiary/aromatic N) is 3. The molecule has 1 atom stereocenters. The number of aromatic nitrogens is 3. The van der Waals surface area contributed by atoms with E-state index in [9.17, 15) is 0 Å². The predicted molar refractivity (Wildman–Crippen MR) is 62.4 cm³/mol. The van der Waals surface area contributed by atoms with Gasteiger partial charge in [-0.15, -0.1) is 10.2 Å². The lowest BCUT2D eigenvalue weighted by molar-refractivity contribution is 0.387. The van der Waals surface area contributed by atoms with Crippen LogP contribution in [0.1, 0.15) is 44.3 Å². The highest BCUT2D eigenvalue weighted by Gasteiger charge is 2.39. The van der Waals surface area contributed by atoms with Gasteiger partial charge in [0.1, 0.15) is 11.6 Å². The molecule has 88 valence electrons. The zero-order valence-corrected chi connectivity index (χ0v) is 10.00. The molecule has 3 heterocycles. The molecular weight excluding hydrogens is 200 g/mol. The molecule has 1 aromatic heterocycles. The molecule has 1 saturated heterocycles. The molecule has 4 nitrogen and oxygen atoms in total. The van der Waals surface area contributed by atoms with Crippen molar-refractivity contribution in [1.82, 2.24) is 20.1 Å². The summed E-state index contributed by atoms with van der Waals surface area (Å²) in [6.07, 6.45) is 6.04. The summed E-state index contributed by atoms with van der Waals surface area (Å²) in [5, 5.41) is 12.4. The Hall–Kier alpha value is -0.900. The lowest BCUT2D eigenvalue weighted by atomic mass is 9.83. The Labute approximate surface area is 96.4 Å². The first kappa shape index (κ1) is 10.3. The Bertz CT molecular complexity index is 376. The van der Waals surface area contributed by atoms with E-state index >= 15 is 0 Å². The van der Waals surface area contributed by atoms with Crippen molar-refractivity contribution in [2.75, 3.05) is 13.1 Å². The summed E-state index contributed by atoms with van der Waals surface area (Å²) < 4.78 is 2.39. The molecule has 0 radical (unpaired) electrons. The largest absolute Gasteiger partial charge is 0.316 e. The zero-order valence-electron chi connectivity index (χ0n) is 10.00. The van der Waals surface area contributed by atoms with Gasteiger partial charge in [0.05, 0.1) is 0 Å².